The number of benzene rings is 2. The number of amides is 1. The normalized spacial score (nSPS) is 19.3. The molecule has 0 bridgehead atoms. The summed E-state index contributed by atoms with van der Waals surface area (Å²) in [7, 11) is 1.60. The van der Waals surface area contributed by atoms with Crippen molar-refractivity contribution in [3.05, 3.63) is 63.9 Å². The molecule has 1 amide bonds. The second-order valence-electron chi connectivity index (χ2n) is 5.64. The molecule has 2 unspecified atom stereocenters. The monoisotopic (exact) mass is 377 g/mol. The summed E-state index contributed by atoms with van der Waals surface area (Å²) in [5, 5.41) is 2.92. The molecule has 5 heteroatoms. The van der Waals surface area contributed by atoms with Gasteiger partial charge in [0.15, 0.2) is 0 Å². The second-order valence-corrected chi connectivity index (χ2v) is 6.56. The van der Waals surface area contributed by atoms with Crippen molar-refractivity contribution >= 4 is 21.8 Å². The Hall–Kier alpha value is -1.88. The summed E-state index contributed by atoms with van der Waals surface area (Å²) in [6.45, 7) is 0.391. The number of halogens is 2. The number of carbonyl (C=O) groups excluding carboxylic acids is 1. The van der Waals surface area contributed by atoms with E-state index in [2.05, 4.69) is 21.2 Å². The number of nitrogens with one attached hydrogen (secondary N) is 1. The van der Waals surface area contributed by atoms with Crippen molar-refractivity contribution in [3.8, 4) is 5.75 Å². The molecule has 1 aliphatic rings. The topological polar surface area (TPSA) is 38.3 Å². The molecular weight excluding hydrogens is 361 g/mol. The van der Waals surface area contributed by atoms with Crippen LogP contribution >= 0.6 is 15.9 Å². The largest absolute Gasteiger partial charge is 0.496 e. The Labute approximate surface area is 143 Å². The zero-order valence-electron chi connectivity index (χ0n) is 12.7. The van der Waals surface area contributed by atoms with E-state index in [1.165, 1.54) is 6.07 Å². The van der Waals surface area contributed by atoms with Crippen molar-refractivity contribution in [3.63, 3.8) is 0 Å². The van der Waals surface area contributed by atoms with Crippen molar-refractivity contribution in [2.45, 2.75) is 18.9 Å². The molecule has 3 nitrogen and oxygen atoms in total. The van der Waals surface area contributed by atoms with E-state index in [-0.39, 0.29) is 23.6 Å². The quantitative estimate of drug-likeness (QED) is 0.854. The Kier molecular flexibility index (Phi) is 4.66. The Morgan fingerprint density at radius 1 is 1.35 bits per heavy atom. The van der Waals surface area contributed by atoms with Crippen LogP contribution in [0.4, 0.5) is 4.39 Å². The van der Waals surface area contributed by atoms with Gasteiger partial charge in [-0.2, -0.15) is 0 Å². The number of carbonyl (C=O) groups is 1. The molecule has 2 aromatic rings. The first-order valence-corrected chi connectivity index (χ1v) is 8.24. The molecule has 3 rings (SSSR count). The van der Waals surface area contributed by atoms with Crippen molar-refractivity contribution < 1.29 is 13.9 Å². The lowest BCUT2D eigenvalue weighted by Crippen LogP contribution is -2.25. The van der Waals surface area contributed by atoms with E-state index in [9.17, 15) is 9.18 Å². The van der Waals surface area contributed by atoms with Crippen molar-refractivity contribution in [2.75, 3.05) is 7.11 Å². The Morgan fingerprint density at radius 2 is 2.13 bits per heavy atom. The summed E-state index contributed by atoms with van der Waals surface area (Å²) < 4.78 is 20.0. The lowest BCUT2D eigenvalue weighted by Gasteiger charge is -2.10. The van der Waals surface area contributed by atoms with E-state index in [1.54, 1.807) is 25.3 Å². The van der Waals surface area contributed by atoms with Crippen LogP contribution in [0.2, 0.25) is 0 Å². The average molecular weight is 378 g/mol. The van der Waals surface area contributed by atoms with Gasteiger partial charge in [-0.15, -0.1) is 0 Å². The van der Waals surface area contributed by atoms with Gasteiger partial charge in [0.1, 0.15) is 11.6 Å². The molecule has 23 heavy (non-hydrogen) atoms. The van der Waals surface area contributed by atoms with E-state index in [0.29, 0.717) is 18.5 Å². The first kappa shape index (κ1) is 16.0. The van der Waals surface area contributed by atoms with Crippen molar-refractivity contribution in [1.82, 2.24) is 5.32 Å². The Morgan fingerprint density at radius 3 is 2.87 bits per heavy atom. The molecule has 2 aromatic carbocycles. The smallest absolute Gasteiger partial charge is 0.224 e. The summed E-state index contributed by atoms with van der Waals surface area (Å²) in [6, 6.07) is 12.3. The highest BCUT2D eigenvalue weighted by atomic mass is 79.9. The third-order valence-corrected chi connectivity index (χ3v) is 4.62. The molecule has 1 saturated carbocycles. The Bertz CT molecular complexity index is 735. The van der Waals surface area contributed by atoms with Crippen molar-refractivity contribution in [1.29, 1.82) is 0 Å². The molecule has 0 radical (unpaired) electrons. The number of rotatable bonds is 5. The SMILES string of the molecule is COc1ccc(Br)cc1CNC(=O)C1CC1c1ccccc1F. The third kappa shape index (κ3) is 3.55. The highest BCUT2D eigenvalue weighted by Crippen LogP contribution is 2.48. The Balaban J connectivity index is 1.61. The fourth-order valence-electron chi connectivity index (χ4n) is 2.80. The van der Waals surface area contributed by atoms with Gasteiger partial charge in [-0.1, -0.05) is 34.1 Å². The first-order valence-electron chi connectivity index (χ1n) is 7.44. The molecular formula is C18H17BrFNO2. The zero-order valence-corrected chi connectivity index (χ0v) is 14.3. The number of hydrogen-bond acceptors (Lipinski definition) is 2. The standard InChI is InChI=1S/C18H17BrFNO2/c1-23-17-7-6-12(19)8-11(17)10-21-18(22)15-9-14(15)13-4-2-3-5-16(13)20/h2-8,14-15H,9-10H2,1H3,(H,21,22). The summed E-state index contributed by atoms with van der Waals surface area (Å²) >= 11 is 3.41. The van der Waals surface area contributed by atoms with Gasteiger partial charge in [0.2, 0.25) is 5.91 Å². The third-order valence-electron chi connectivity index (χ3n) is 4.13. The molecule has 0 aliphatic heterocycles. The van der Waals surface area contributed by atoms with E-state index >= 15 is 0 Å². The number of ether oxygens (including phenoxy) is 1. The minimum Gasteiger partial charge on any atom is -0.496 e. The molecule has 0 heterocycles. The van der Waals surface area contributed by atoms with Crippen LogP contribution in [0.5, 0.6) is 5.75 Å². The van der Waals surface area contributed by atoms with Crippen LogP contribution in [-0.4, -0.2) is 13.0 Å². The predicted molar refractivity (Wildman–Crippen MR) is 89.8 cm³/mol. The van der Waals surface area contributed by atoms with Gasteiger partial charge in [0.05, 0.1) is 7.11 Å². The summed E-state index contributed by atoms with van der Waals surface area (Å²) in [5.74, 6) is 0.294. The van der Waals surface area contributed by atoms with Gasteiger partial charge in [0, 0.05) is 22.5 Å². The maximum Gasteiger partial charge on any atom is 0.224 e. The molecule has 0 saturated heterocycles. The molecule has 1 aliphatic carbocycles. The lowest BCUT2D eigenvalue weighted by molar-refractivity contribution is -0.122. The van der Waals surface area contributed by atoms with Crippen LogP contribution in [-0.2, 0) is 11.3 Å². The second kappa shape index (κ2) is 6.71. The maximum atomic E-state index is 13.8. The fraction of sp³-hybridized carbons (Fsp3) is 0.278. The minimum atomic E-state index is -0.235. The van der Waals surface area contributed by atoms with Gasteiger partial charge < -0.3 is 10.1 Å². The van der Waals surface area contributed by atoms with Gasteiger partial charge in [-0.25, -0.2) is 4.39 Å². The number of hydrogen-bond donors (Lipinski definition) is 1. The van der Waals surface area contributed by atoms with Gasteiger partial charge >= 0.3 is 0 Å². The van der Waals surface area contributed by atoms with E-state index < -0.39 is 0 Å². The molecule has 120 valence electrons. The minimum absolute atomic E-state index is 0.0133. The maximum absolute atomic E-state index is 13.8. The van der Waals surface area contributed by atoms with Crippen LogP contribution in [0.3, 0.4) is 0 Å². The zero-order chi connectivity index (χ0) is 16.4. The van der Waals surface area contributed by atoms with E-state index in [1.807, 2.05) is 18.2 Å². The van der Waals surface area contributed by atoms with Crippen molar-refractivity contribution in [2.24, 2.45) is 5.92 Å². The van der Waals surface area contributed by atoms with E-state index in [4.69, 9.17) is 4.74 Å². The van der Waals surface area contributed by atoms with Gasteiger partial charge in [-0.05, 0) is 42.2 Å². The van der Waals surface area contributed by atoms with Crippen LogP contribution < -0.4 is 10.1 Å². The molecule has 0 spiro atoms. The summed E-state index contributed by atoms with van der Waals surface area (Å²) in [5.41, 5.74) is 1.53. The van der Waals surface area contributed by atoms with Crippen LogP contribution in [0.15, 0.2) is 46.9 Å². The lowest BCUT2D eigenvalue weighted by atomic mass is 10.1. The summed E-state index contributed by atoms with van der Waals surface area (Å²) in [4.78, 5) is 12.3. The summed E-state index contributed by atoms with van der Waals surface area (Å²) in [6.07, 6.45) is 0.697. The average Bonchev–Trinajstić information content (AvgIpc) is 3.33. The van der Waals surface area contributed by atoms with Crippen LogP contribution in [0.25, 0.3) is 0 Å². The molecule has 2 atom stereocenters. The number of methoxy groups -OCH3 is 1. The van der Waals surface area contributed by atoms with Gasteiger partial charge in [0.25, 0.3) is 0 Å². The van der Waals surface area contributed by atoms with E-state index in [0.717, 1.165) is 15.8 Å². The predicted octanol–water partition coefficient (Wildman–Crippen LogP) is 4.02. The molecule has 0 aromatic heterocycles. The first-order chi connectivity index (χ1) is 11.1. The fourth-order valence-corrected chi connectivity index (χ4v) is 3.21. The van der Waals surface area contributed by atoms with Crippen LogP contribution in [0.1, 0.15) is 23.5 Å². The van der Waals surface area contributed by atoms with Gasteiger partial charge in [-0.3, -0.25) is 4.79 Å². The highest BCUT2D eigenvalue weighted by Gasteiger charge is 2.44. The molecule has 1 fully saturated rings. The van der Waals surface area contributed by atoms with Crippen LogP contribution in [0, 0.1) is 11.7 Å². The highest BCUT2D eigenvalue weighted by molar-refractivity contribution is 9.10. The molecule has 1 N–H and O–H groups in total.